The maximum absolute atomic E-state index is 10.9. The molecule has 0 aromatic carbocycles. The van der Waals surface area contributed by atoms with E-state index >= 15 is 0 Å². The Morgan fingerprint density at radius 2 is 2.31 bits per heavy atom. The van der Waals surface area contributed by atoms with E-state index in [0.29, 0.717) is 12.3 Å². The van der Waals surface area contributed by atoms with Crippen molar-refractivity contribution in [1.82, 2.24) is 0 Å². The van der Waals surface area contributed by atoms with Crippen molar-refractivity contribution in [3.05, 3.63) is 0 Å². The molecule has 76 valence electrons. The number of hydrogen-bond donors (Lipinski definition) is 2. The number of carbonyl (C=O) groups is 1. The second kappa shape index (κ2) is 4.04. The van der Waals surface area contributed by atoms with Crippen LogP contribution in [0, 0.1) is 5.92 Å². The van der Waals surface area contributed by atoms with Crippen molar-refractivity contribution in [1.29, 1.82) is 0 Å². The summed E-state index contributed by atoms with van der Waals surface area (Å²) in [5, 5.41) is 8.95. The molecule has 0 radical (unpaired) electrons. The van der Waals surface area contributed by atoms with Gasteiger partial charge in [-0.05, 0) is 12.3 Å². The van der Waals surface area contributed by atoms with Crippen LogP contribution in [0.1, 0.15) is 19.3 Å². The van der Waals surface area contributed by atoms with Crippen LogP contribution in [0.25, 0.3) is 0 Å². The highest BCUT2D eigenvalue weighted by Gasteiger charge is 2.44. The Morgan fingerprint density at radius 1 is 1.69 bits per heavy atom. The minimum atomic E-state index is -1.35. The second-order valence-corrected chi connectivity index (χ2v) is 3.50. The molecule has 1 fully saturated rings. The van der Waals surface area contributed by atoms with Crippen molar-refractivity contribution < 1.29 is 19.5 Å². The first-order valence-electron chi connectivity index (χ1n) is 4.25. The number of methoxy groups -OCH3 is 1. The van der Waals surface area contributed by atoms with Gasteiger partial charge in [-0.3, -0.25) is 4.84 Å². The zero-order valence-corrected chi connectivity index (χ0v) is 7.66. The predicted molar refractivity (Wildman–Crippen MR) is 44.9 cm³/mol. The molecule has 1 rings (SSSR count). The van der Waals surface area contributed by atoms with Gasteiger partial charge in [0.05, 0.1) is 6.61 Å². The molecule has 0 aromatic rings. The lowest BCUT2D eigenvalue weighted by molar-refractivity contribution is -0.176. The minimum absolute atomic E-state index is 0.00463. The molecule has 1 atom stereocenters. The molecular formula is C8H15NO4. The number of ether oxygens (including phenoxy) is 1. The largest absolute Gasteiger partial charge is 0.479 e. The summed E-state index contributed by atoms with van der Waals surface area (Å²) in [6.07, 6.45) is 2.55. The fourth-order valence-electron chi connectivity index (χ4n) is 1.36. The van der Waals surface area contributed by atoms with E-state index in [1.165, 1.54) is 7.11 Å². The fourth-order valence-corrected chi connectivity index (χ4v) is 1.36. The molecule has 0 saturated heterocycles. The third-order valence-electron chi connectivity index (χ3n) is 2.31. The zero-order chi connectivity index (χ0) is 9.90. The number of nitrogens with two attached hydrogens (primary N) is 1. The summed E-state index contributed by atoms with van der Waals surface area (Å²) >= 11 is 0. The smallest absolute Gasteiger partial charge is 0.340 e. The Morgan fingerprint density at radius 3 is 2.62 bits per heavy atom. The van der Waals surface area contributed by atoms with Crippen molar-refractivity contribution in [2.75, 3.05) is 13.7 Å². The SMILES string of the molecule is COC[C@@](CC1CC1)(ON)C(=O)O. The molecule has 0 bridgehead atoms. The summed E-state index contributed by atoms with van der Waals surface area (Å²) in [6, 6.07) is 0. The number of carboxylic acids is 1. The Bertz CT molecular complexity index is 193. The Labute approximate surface area is 76.8 Å². The maximum atomic E-state index is 10.9. The molecule has 5 nitrogen and oxygen atoms in total. The molecule has 1 aliphatic rings. The van der Waals surface area contributed by atoms with Crippen molar-refractivity contribution in [3.8, 4) is 0 Å². The van der Waals surface area contributed by atoms with E-state index in [2.05, 4.69) is 4.84 Å². The lowest BCUT2D eigenvalue weighted by Crippen LogP contribution is -2.48. The maximum Gasteiger partial charge on any atom is 0.340 e. The highest BCUT2D eigenvalue weighted by Crippen LogP contribution is 2.37. The van der Waals surface area contributed by atoms with Gasteiger partial charge >= 0.3 is 5.97 Å². The Hall–Kier alpha value is -0.650. The first kappa shape index (κ1) is 10.4. The monoisotopic (exact) mass is 189 g/mol. The van der Waals surface area contributed by atoms with Crippen LogP contribution >= 0.6 is 0 Å². The van der Waals surface area contributed by atoms with Gasteiger partial charge in [0.1, 0.15) is 0 Å². The number of aliphatic carboxylic acids is 1. The number of carboxylic acid groups (broad SMARTS) is 1. The third-order valence-corrected chi connectivity index (χ3v) is 2.31. The minimum Gasteiger partial charge on any atom is -0.479 e. The van der Waals surface area contributed by atoms with Crippen molar-refractivity contribution in [2.45, 2.75) is 24.9 Å². The van der Waals surface area contributed by atoms with Crippen LogP contribution in [0.15, 0.2) is 0 Å². The Kier molecular flexibility index (Phi) is 3.24. The molecule has 5 heteroatoms. The van der Waals surface area contributed by atoms with E-state index < -0.39 is 11.6 Å². The molecule has 13 heavy (non-hydrogen) atoms. The van der Waals surface area contributed by atoms with E-state index in [1.807, 2.05) is 0 Å². The average molecular weight is 189 g/mol. The molecule has 0 aromatic heterocycles. The average Bonchev–Trinajstić information content (AvgIpc) is 2.87. The lowest BCUT2D eigenvalue weighted by atomic mass is 9.98. The van der Waals surface area contributed by atoms with Crippen LogP contribution in [-0.4, -0.2) is 30.4 Å². The normalized spacial score (nSPS) is 21.1. The van der Waals surface area contributed by atoms with E-state index in [9.17, 15) is 4.79 Å². The second-order valence-electron chi connectivity index (χ2n) is 3.50. The summed E-state index contributed by atoms with van der Waals surface area (Å²) in [7, 11) is 1.43. The van der Waals surface area contributed by atoms with Crippen LogP contribution in [0.3, 0.4) is 0 Å². The Balaban J connectivity index is 2.61. The summed E-state index contributed by atoms with van der Waals surface area (Å²) in [4.78, 5) is 15.5. The van der Waals surface area contributed by atoms with Gasteiger partial charge in [0.2, 0.25) is 5.60 Å². The molecule has 1 saturated carbocycles. The van der Waals surface area contributed by atoms with Gasteiger partial charge in [0.15, 0.2) is 0 Å². The van der Waals surface area contributed by atoms with Gasteiger partial charge in [-0.15, -0.1) is 0 Å². The molecule has 1 aliphatic carbocycles. The topological polar surface area (TPSA) is 81.8 Å². The van der Waals surface area contributed by atoms with Crippen molar-refractivity contribution >= 4 is 5.97 Å². The molecule has 0 heterocycles. The van der Waals surface area contributed by atoms with Crippen LogP contribution in [0.2, 0.25) is 0 Å². The highest BCUT2D eigenvalue weighted by molar-refractivity contribution is 5.77. The number of hydrogen-bond acceptors (Lipinski definition) is 4. The first-order valence-corrected chi connectivity index (χ1v) is 4.25. The summed E-state index contributed by atoms with van der Waals surface area (Å²) in [5.41, 5.74) is -1.35. The lowest BCUT2D eigenvalue weighted by Gasteiger charge is -2.25. The molecule has 0 aliphatic heterocycles. The van der Waals surface area contributed by atoms with E-state index in [-0.39, 0.29) is 6.61 Å². The van der Waals surface area contributed by atoms with Gasteiger partial charge in [0.25, 0.3) is 0 Å². The van der Waals surface area contributed by atoms with Crippen LogP contribution in [-0.2, 0) is 14.4 Å². The first-order chi connectivity index (χ1) is 6.14. The van der Waals surface area contributed by atoms with Gasteiger partial charge in [-0.1, -0.05) is 12.8 Å². The van der Waals surface area contributed by atoms with E-state index in [0.717, 1.165) is 12.8 Å². The van der Waals surface area contributed by atoms with E-state index in [4.69, 9.17) is 15.7 Å². The van der Waals surface area contributed by atoms with Crippen LogP contribution in [0.4, 0.5) is 0 Å². The molecule has 0 unspecified atom stereocenters. The van der Waals surface area contributed by atoms with Gasteiger partial charge < -0.3 is 9.84 Å². The predicted octanol–water partition coefficient (Wildman–Crippen LogP) is 0.147. The van der Waals surface area contributed by atoms with Crippen molar-refractivity contribution in [3.63, 3.8) is 0 Å². The third kappa shape index (κ3) is 2.40. The molecule has 3 N–H and O–H groups in total. The van der Waals surface area contributed by atoms with Crippen LogP contribution in [0.5, 0.6) is 0 Å². The molecule has 0 amide bonds. The summed E-state index contributed by atoms with van der Waals surface area (Å²) < 4.78 is 4.80. The fraction of sp³-hybridized carbons (Fsp3) is 0.875. The molecule has 0 spiro atoms. The molecular weight excluding hydrogens is 174 g/mol. The summed E-state index contributed by atoms with van der Waals surface area (Å²) in [6.45, 7) is -0.00463. The number of rotatable bonds is 6. The van der Waals surface area contributed by atoms with Gasteiger partial charge in [-0.2, -0.15) is 0 Å². The van der Waals surface area contributed by atoms with Gasteiger partial charge in [-0.25, -0.2) is 10.7 Å². The van der Waals surface area contributed by atoms with E-state index in [1.54, 1.807) is 0 Å². The quantitative estimate of drug-likeness (QED) is 0.581. The van der Waals surface area contributed by atoms with Crippen molar-refractivity contribution in [2.24, 2.45) is 11.8 Å². The van der Waals surface area contributed by atoms with Gasteiger partial charge in [0, 0.05) is 7.11 Å². The highest BCUT2D eigenvalue weighted by atomic mass is 16.7. The van der Waals surface area contributed by atoms with Crippen LogP contribution < -0.4 is 5.90 Å². The standard InChI is InChI=1S/C8H15NO4/c1-12-5-8(13-9,7(10)11)4-6-2-3-6/h6H,2-5,9H2,1H3,(H,10,11)/t8-/m1/s1. The zero-order valence-electron chi connectivity index (χ0n) is 7.66. The summed E-state index contributed by atoms with van der Waals surface area (Å²) in [5.74, 6) is 4.38.